The topological polar surface area (TPSA) is 112 Å². The van der Waals surface area contributed by atoms with Crippen LogP contribution in [0.1, 0.15) is 21.5 Å². The van der Waals surface area contributed by atoms with Crippen LogP contribution in [0.3, 0.4) is 0 Å². The third-order valence-electron chi connectivity index (χ3n) is 2.80. The Morgan fingerprint density at radius 3 is 2.85 bits per heavy atom. The molecule has 0 amide bonds. The number of carbonyl (C=O) groups is 1. The average molecular weight is 268 g/mol. The van der Waals surface area contributed by atoms with Gasteiger partial charge in [-0.25, -0.2) is 9.78 Å². The highest BCUT2D eigenvalue weighted by Gasteiger charge is 2.10. The first-order valence-electron chi connectivity index (χ1n) is 5.78. The van der Waals surface area contributed by atoms with Crippen LogP contribution in [0.5, 0.6) is 0 Å². The van der Waals surface area contributed by atoms with Crippen LogP contribution in [-0.4, -0.2) is 16.1 Å². The first kappa shape index (κ1) is 13.4. The van der Waals surface area contributed by atoms with E-state index in [0.29, 0.717) is 17.1 Å². The van der Waals surface area contributed by atoms with Crippen LogP contribution in [0.25, 0.3) is 0 Å². The van der Waals surface area contributed by atoms with Crippen LogP contribution in [0.4, 0.5) is 17.2 Å². The zero-order chi connectivity index (χ0) is 14.7. The Hall–Kier alpha value is -3.07. The van der Waals surface area contributed by atoms with Gasteiger partial charge in [-0.3, -0.25) is 0 Å². The molecule has 1 heterocycles. The molecule has 6 heteroatoms. The van der Waals surface area contributed by atoms with E-state index in [-0.39, 0.29) is 11.3 Å². The Morgan fingerprint density at radius 1 is 1.50 bits per heavy atom. The van der Waals surface area contributed by atoms with Gasteiger partial charge in [-0.05, 0) is 24.6 Å². The summed E-state index contributed by atoms with van der Waals surface area (Å²) in [6.07, 6.45) is 1.21. The van der Waals surface area contributed by atoms with Crippen LogP contribution in [-0.2, 0) is 0 Å². The number of aryl methyl sites for hydroxylation is 1. The summed E-state index contributed by atoms with van der Waals surface area (Å²) in [6, 6.07) is 8.79. The maximum Gasteiger partial charge on any atom is 0.337 e. The molecular weight excluding hydrogens is 256 g/mol. The minimum atomic E-state index is -1.09. The Morgan fingerprint density at radius 2 is 2.25 bits per heavy atom. The molecular formula is C14H12N4O2. The molecule has 100 valence electrons. The summed E-state index contributed by atoms with van der Waals surface area (Å²) in [7, 11) is 0. The lowest BCUT2D eigenvalue weighted by atomic mass is 10.1. The Bertz CT molecular complexity index is 720. The van der Waals surface area contributed by atoms with E-state index in [2.05, 4.69) is 16.4 Å². The summed E-state index contributed by atoms with van der Waals surface area (Å²) >= 11 is 0. The fraction of sp³-hybridized carbons (Fsp3) is 0.0714. The van der Waals surface area contributed by atoms with Crippen molar-refractivity contribution in [2.75, 3.05) is 11.1 Å². The minimum absolute atomic E-state index is 0.0119. The van der Waals surface area contributed by atoms with Crippen molar-refractivity contribution in [3.05, 3.63) is 47.2 Å². The van der Waals surface area contributed by atoms with E-state index in [1.807, 2.05) is 13.0 Å². The van der Waals surface area contributed by atoms with Crippen molar-refractivity contribution in [1.82, 2.24) is 4.98 Å². The third-order valence-corrected chi connectivity index (χ3v) is 2.80. The van der Waals surface area contributed by atoms with Gasteiger partial charge < -0.3 is 16.2 Å². The highest BCUT2D eigenvalue weighted by Crippen LogP contribution is 2.25. The fourth-order valence-electron chi connectivity index (χ4n) is 1.75. The van der Waals surface area contributed by atoms with Gasteiger partial charge in [-0.2, -0.15) is 5.26 Å². The Balaban J connectivity index is 2.39. The van der Waals surface area contributed by atoms with Crippen LogP contribution < -0.4 is 11.1 Å². The van der Waals surface area contributed by atoms with Crippen LogP contribution >= 0.6 is 0 Å². The van der Waals surface area contributed by atoms with Crippen LogP contribution in [0.15, 0.2) is 30.5 Å². The summed E-state index contributed by atoms with van der Waals surface area (Å²) in [5.74, 6) is -0.777. The number of aromatic nitrogens is 1. The summed E-state index contributed by atoms with van der Waals surface area (Å²) in [5.41, 5.74) is 7.89. The van der Waals surface area contributed by atoms with E-state index >= 15 is 0 Å². The van der Waals surface area contributed by atoms with Crippen molar-refractivity contribution >= 4 is 23.2 Å². The molecule has 0 unspecified atom stereocenters. The summed E-state index contributed by atoms with van der Waals surface area (Å²) in [5, 5.41) is 20.9. The first-order valence-corrected chi connectivity index (χ1v) is 5.78. The molecule has 0 aliphatic rings. The zero-order valence-corrected chi connectivity index (χ0v) is 10.7. The van der Waals surface area contributed by atoms with Gasteiger partial charge in [0.25, 0.3) is 0 Å². The van der Waals surface area contributed by atoms with Gasteiger partial charge in [-0.15, -0.1) is 0 Å². The number of aromatic carboxylic acids is 1. The van der Waals surface area contributed by atoms with Crippen LogP contribution in [0.2, 0.25) is 0 Å². The van der Waals surface area contributed by atoms with Gasteiger partial charge in [-0.1, -0.05) is 12.1 Å². The van der Waals surface area contributed by atoms with Crippen molar-refractivity contribution in [1.29, 1.82) is 5.26 Å². The second-order valence-electron chi connectivity index (χ2n) is 4.20. The minimum Gasteiger partial charge on any atom is -0.478 e. The van der Waals surface area contributed by atoms with E-state index in [9.17, 15) is 4.79 Å². The van der Waals surface area contributed by atoms with Crippen molar-refractivity contribution in [3.63, 3.8) is 0 Å². The number of nitriles is 1. The lowest BCUT2D eigenvalue weighted by Gasteiger charge is -2.11. The monoisotopic (exact) mass is 268 g/mol. The normalized spacial score (nSPS) is 9.80. The molecule has 20 heavy (non-hydrogen) atoms. The first-order chi connectivity index (χ1) is 9.52. The van der Waals surface area contributed by atoms with Gasteiger partial charge in [0.05, 0.1) is 22.5 Å². The number of hydrogen-bond donors (Lipinski definition) is 3. The van der Waals surface area contributed by atoms with Gasteiger partial charge in [0, 0.05) is 6.20 Å². The predicted molar refractivity (Wildman–Crippen MR) is 74.8 cm³/mol. The molecule has 0 spiro atoms. The Labute approximate surface area is 115 Å². The standard InChI is InChI=1S/C14H12N4O2/c1-8-3-2-4-12(10(8)6-15)18-13-11(16)5-9(7-17-13)14(19)20/h2-5,7H,16H2,1H3,(H,17,18)(H,19,20). The molecule has 2 rings (SSSR count). The molecule has 0 bridgehead atoms. The lowest BCUT2D eigenvalue weighted by molar-refractivity contribution is 0.0696. The van der Waals surface area contributed by atoms with Crippen molar-refractivity contribution in [2.24, 2.45) is 0 Å². The number of nitrogens with one attached hydrogen (secondary N) is 1. The quantitative estimate of drug-likeness (QED) is 0.787. The predicted octanol–water partition coefficient (Wildman–Crippen LogP) is 2.29. The number of nitrogens with zero attached hydrogens (tertiary/aromatic N) is 2. The van der Waals surface area contributed by atoms with Gasteiger partial charge in [0.2, 0.25) is 0 Å². The second-order valence-corrected chi connectivity index (χ2v) is 4.20. The zero-order valence-electron chi connectivity index (χ0n) is 10.7. The third kappa shape index (κ3) is 2.52. The van der Waals surface area contributed by atoms with Gasteiger partial charge >= 0.3 is 5.97 Å². The van der Waals surface area contributed by atoms with Crippen LogP contribution in [0, 0.1) is 18.3 Å². The molecule has 0 radical (unpaired) electrons. The summed E-state index contributed by atoms with van der Waals surface area (Å²) < 4.78 is 0. The van der Waals surface area contributed by atoms with E-state index in [0.717, 1.165) is 5.56 Å². The summed E-state index contributed by atoms with van der Waals surface area (Å²) in [4.78, 5) is 14.8. The SMILES string of the molecule is Cc1cccc(Nc2ncc(C(=O)O)cc2N)c1C#N. The molecule has 0 aliphatic carbocycles. The number of hydrogen-bond acceptors (Lipinski definition) is 5. The number of rotatable bonds is 3. The summed E-state index contributed by atoms with van der Waals surface area (Å²) in [6.45, 7) is 1.83. The van der Waals surface area contributed by atoms with E-state index in [4.69, 9.17) is 16.1 Å². The van der Waals surface area contributed by atoms with E-state index in [1.54, 1.807) is 12.1 Å². The molecule has 0 fully saturated rings. The molecule has 0 saturated heterocycles. The number of nitrogens with two attached hydrogens (primary N) is 1. The maximum absolute atomic E-state index is 10.8. The largest absolute Gasteiger partial charge is 0.478 e. The van der Waals surface area contributed by atoms with Crippen molar-refractivity contribution in [3.8, 4) is 6.07 Å². The molecule has 0 saturated carbocycles. The number of anilines is 3. The molecule has 1 aromatic carbocycles. The van der Waals surface area contributed by atoms with E-state index in [1.165, 1.54) is 12.3 Å². The lowest BCUT2D eigenvalue weighted by Crippen LogP contribution is -2.05. The van der Waals surface area contributed by atoms with Gasteiger partial charge in [0.1, 0.15) is 6.07 Å². The number of carboxylic acid groups (broad SMARTS) is 1. The molecule has 0 aliphatic heterocycles. The molecule has 2 aromatic rings. The van der Waals surface area contributed by atoms with Crippen molar-refractivity contribution in [2.45, 2.75) is 6.92 Å². The molecule has 6 nitrogen and oxygen atoms in total. The number of pyridine rings is 1. The van der Waals surface area contributed by atoms with Crippen molar-refractivity contribution < 1.29 is 9.90 Å². The molecule has 4 N–H and O–H groups in total. The Kier molecular flexibility index (Phi) is 3.53. The number of benzene rings is 1. The molecule has 0 atom stereocenters. The maximum atomic E-state index is 10.8. The highest BCUT2D eigenvalue weighted by molar-refractivity contribution is 5.89. The van der Waals surface area contributed by atoms with E-state index < -0.39 is 5.97 Å². The second kappa shape index (κ2) is 5.28. The number of nitrogen functional groups attached to an aromatic ring is 1. The van der Waals surface area contributed by atoms with Gasteiger partial charge in [0.15, 0.2) is 5.82 Å². The smallest absolute Gasteiger partial charge is 0.337 e. The highest BCUT2D eigenvalue weighted by atomic mass is 16.4. The number of carboxylic acids is 1. The molecule has 1 aromatic heterocycles. The average Bonchev–Trinajstić information content (AvgIpc) is 2.41. The fourth-order valence-corrected chi connectivity index (χ4v) is 1.75.